The highest BCUT2D eigenvalue weighted by atomic mass is 35.5. The van der Waals surface area contributed by atoms with Crippen LogP contribution in [0.2, 0.25) is 5.02 Å². The zero-order valence-corrected chi connectivity index (χ0v) is 12.2. The van der Waals surface area contributed by atoms with Gasteiger partial charge in [-0.25, -0.2) is 0 Å². The van der Waals surface area contributed by atoms with E-state index in [0.29, 0.717) is 0 Å². The smallest absolute Gasteiger partial charge is 0.0522 e. The SMILES string of the molecule is CCCn1nccc1CNC(C)c1ccccc1Cl. The third kappa shape index (κ3) is 3.58. The lowest BCUT2D eigenvalue weighted by Crippen LogP contribution is -2.20. The summed E-state index contributed by atoms with van der Waals surface area (Å²) in [6.07, 6.45) is 2.95. The third-order valence-corrected chi connectivity index (χ3v) is 3.55. The number of nitrogens with one attached hydrogen (secondary N) is 1. The summed E-state index contributed by atoms with van der Waals surface area (Å²) >= 11 is 6.20. The lowest BCUT2D eigenvalue weighted by atomic mass is 10.1. The Morgan fingerprint density at radius 2 is 2.11 bits per heavy atom. The molecule has 4 heteroatoms. The second-order valence-corrected chi connectivity index (χ2v) is 5.08. The normalized spacial score (nSPS) is 12.6. The Morgan fingerprint density at radius 3 is 2.84 bits per heavy atom. The van der Waals surface area contributed by atoms with Gasteiger partial charge in [-0.1, -0.05) is 36.7 Å². The molecule has 0 saturated carbocycles. The lowest BCUT2D eigenvalue weighted by Gasteiger charge is -2.16. The Balaban J connectivity index is 1.98. The van der Waals surface area contributed by atoms with Gasteiger partial charge in [-0.2, -0.15) is 5.10 Å². The summed E-state index contributed by atoms with van der Waals surface area (Å²) in [6, 6.07) is 10.2. The van der Waals surface area contributed by atoms with E-state index in [4.69, 9.17) is 11.6 Å². The van der Waals surface area contributed by atoms with Crippen molar-refractivity contribution in [3.05, 3.63) is 52.8 Å². The van der Waals surface area contributed by atoms with E-state index in [0.717, 1.165) is 30.1 Å². The van der Waals surface area contributed by atoms with E-state index in [1.54, 1.807) is 0 Å². The average molecular weight is 278 g/mol. The molecule has 0 fully saturated rings. The Hall–Kier alpha value is -1.32. The lowest BCUT2D eigenvalue weighted by molar-refractivity contribution is 0.517. The summed E-state index contributed by atoms with van der Waals surface area (Å²) < 4.78 is 2.05. The molecule has 2 aromatic rings. The van der Waals surface area contributed by atoms with Gasteiger partial charge in [0.15, 0.2) is 0 Å². The largest absolute Gasteiger partial charge is 0.305 e. The number of halogens is 1. The maximum Gasteiger partial charge on any atom is 0.0522 e. The molecular weight excluding hydrogens is 258 g/mol. The second kappa shape index (κ2) is 6.73. The summed E-state index contributed by atoms with van der Waals surface area (Å²) in [6.45, 7) is 6.05. The van der Waals surface area contributed by atoms with Crippen molar-refractivity contribution in [2.75, 3.05) is 0 Å². The standard InChI is InChI=1S/C15H20ClN3/c1-3-10-19-13(8-9-18-19)11-17-12(2)14-6-4-5-7-15(14)16/h4-9,12,17H,3,10-11H2,1-2H3. The summed E-state index contributed by atoms with van der Waals surface area (Å²) in [5, 5.41) is 8.63. The molecule has 102 valence electrons. The van der Waals surface area contributed by atoms with E-state index in [1.807, 2.05) is 29.1 Å². The van der Waals surface area contributed by atoms with E-state index < -0.39 is 0 Å². The number of hydrogen-bond acceptors (Lipinski definition) is 2. The molecule has 1 aromatic heterocycles. The van der Waals surface area contributed by atoms with Gasteiger partial charge in [-0.05, 0) is 31.0 Å². The Morgan fingerprint density at radius 1 is 1.32 bits per heavy atom. The molecule has 0 aliphatic carbocycles. The Labute approximate surface area is 119 Å². The number of benzene rings is 1. The van der Waals surface area contributed by atoms with Gasteiger partial charge in [0, 0.05) is 30.4 Å². The quantitative estimate of drug-likeness (QED) is 0.870. The van der Waals surface area contributed by atoms with Crippen LogP contribution in [0.25, 0.3) is 0 Å². The number of rotatable bonds is 6. The topological polar surface area (TPSA) is 29.9 Å². The van der Waals surface area contributed by atoms with Crippen molar-refractivity contribution < 1.29 is 0 Å². The predicted octanol–water partition coefficient (Wildman–Crippen LogP) is 3.80. The van der Waals surface area contributed by atoms with Gasteiger partial charge in [0.05, 0.1) is 5.69 Å². The molecule has 19 heavy (non-hydrogen) atoms. The van der Waals surface area contributed by atoms with Crippen LogP contribution in [0.1, 0.15) is 37.6 Å². The van der Waals surface area contributed by atoms with Crippen molar-refractivity contribution in [2.45, 2.75) is 39.4 Å². The molecule has 1 atom stereocenters. The number of aromatic nitrogens is 2. The molecule has 0 spiro atoms. The molecule has 0 radical (unpaired) electrons. The molecule has 0 aliphatic heterocycles. The van der Waals surface area contributed by atoms with Crippen LogP contribution < -0.4 is 5.32 Å². The molecule has 1 aromatic carbocycles. The molecule has 2 rings (SSSR count). The zero-order valence-electron chi connectivity index (χ0n) is 11.4. The average Bonchev–Trinajstić information content (AvgIpc) is 2.84. The van der Waals surface area contributed by atoms with Crippen LogP contribution in [0.4, 0.5) is 0 Å². The van der Waals surface area contributed by atoms with E-state index in [2.05, 4.69) is 36.4 Å². The minimum absolute atomic E-state index is 0.221. The number of hydrogen-bond donors (Lipinski definition) is 1. The number of aryl methyl sites for hydroxylation is 1. The van der Waals surface area contributed by atoms with Crippen LogP contribution in [0, 0.1) is 0 Å². The fraction of sp³-hybridized carbons (Fsp3) is 0.400. The van der Waals surface area contributed by atoms with Gasteiger partial charge in [0.25, 0.3) is 0 Å². The Bertz CT molecular complexity index is 522. The number of nitrogens with zero attached hydrogens (tertiary/aromatic N) is 2. The van der Waals surface area contributed by atoms with Crippen LogP contribution in [0.5, 0.6) is 0 Å². The first kappa shape index (κ1) is 14.1. The van der Waals surface area contributed by atoms with E-state index in [1.165, 1.54) is 5.69 Å². The van der Waals surface area contributed by atoms with E-state index in [-0.39, 0.29) is 6.04 Å². The summed E-state index contributed by atoms with van der Waals surface area (Å²) in [4.78, 5) is 0. The first-order chi connectivity index (χ1) is 9.22. The van der Waals surface area contributed by atoms with Crippen molar-refractivity contribution in [3.8, 4) is 0 Å². The van der Waals surface area contributed by atoms with E-state index in [9.17, 15) is 0 Å². The van der Waals surface area contributed by atoms with Crippen molar-refractivity contribution in [3.63, 3.8) is 0 Å². The summed E-state index contributed by atoms with van der Waals surface area (Å²) in [7, 11) is 0. The summed E-state index contributed by atoms with van der Waals surface area (Å²) in [5.41, 5.74) is 2.34. The second-order valence-electron chi connectivity index (χ2n) is 4.67. The van der Waals surface area contributed by atoms with Crippen molar-refractivity contribution in [1.82, 2.24) is 15.1 Å². The molecule has 0 bridgehead atoms. The van der Waals surface area contributed by atoms with Crippen LogP contribution in [-0.4, -0.2) is 9.78 Å². The van der Waals surface area contributed by atoms with E-state index >= 15 is 0 Å². The molecular formula is C15H20ClN3. The third-order valence-electron chi connectivity index (χ3n) is 3.20. The predicted molar refractivity (Wildman–Crippen MR) is 79.2 cm³/mol. The van der Waals surface area contributed by atoms with Gasteiger partial charge in [-0.15, -0.1) is 0 Å². The van der Waals surface area contributed by atoms with Crippen LogP contribution in [0.15, 0.2) is 36.5 Å². The minimum atomic E-state index is 0.221. The van der Waals surface area contributed by atoms with Gasteiger partial charge in [0.1, 0.15) is 0 Å². The molecule has 1 heterocycles. The highest BCUT2D eigenvalue weighted by molar-refractivity contribution is 6.31. The van der Waals surface area contributed by atoms with Gasteiger partial charge in [-0.3, -0.25) is 4.68 Å². The Kier molecular flexibility index (Phi) is 5.00. The highest BCUT2D eigenvalue weighted by Gasteiger charge is 2.09. The van der Waals surface area contributed by atoms with Crippen molar-refractivity contribution in [2.24, 2.45) is 0 Å². The van der Waals surface area contributed by atoms with Gasteiger partial charge >= 0.3 is 0 Å². The van der Waals surface area contributed by atoms with Crippen molar-refractivity contribution >= 4 is 11.6 Å². The maximum absolute atomic E-state index is 6.20. The monoisotopic (exact) mass is 277 g/mol. The molecule has 1 N–H and O–H groups in total. The van der Waals surface area contributed by atoms with Crippen LogP contribution >= 0.6 is 11.6 Å². The molecule has 3 nitrogen and oxygen atoms in total. The fourth-order valence-electron chi connectivity index (χ4n) is 2.12. The molecule has 1 unspecified atom stereocenters. The molecule has 0 aliphatic rings. The highest BCUT2D eigenvalue weighted by Crippen LogP contribution is 2.22. The maximum atomic E-state index is 6.20. The van der Waals surface area contributed by atoms with Crippen LogP contribution in [-0.2, 0) is 13.1 Å². The molecule has 0 amide bonds. The van der Waals surface area contributed by atoms with Crippen LogP contribution in [0.3, 0.4) is 0 Å². The van der Waals surface area contributed by atoms with Crippen molar-refractivity contribution in [1.29, 1.82) is 0 Å². The fourth-order valence-corrected chi connectivity index (χ4v) is 2.42. The minimum Gasteiger partial charge on any atom is -0.305 e. The first-order valence-corrected chi connectivity index (χ1v) is 7.08. The first-order valence-electron chi connectivity index (χ1n) is 6.71. The van der Waals surface area contributed by atoms with Gasteiger partial charge in [0.2, 0.25) is 0 Å². The summed E-state index contributed by atoms with van der Waals surface area (Å²) in [5.74, 6) is 0. The molecule has 0 saturated heterocycles. The zero-order chi connectivity index (χ0) is 13.7. The van der Waals surface area contributed by atoms with Gasteiger partial charge < -0.3 is 5.32 Å².